The highest BCUT2D eigenvalue weighted by Gasteiger charge is 2.14. The molecule has 2 unspecified atom stereocenters. The molecule has 0 fully saturated rings. The van der Waals surface area contributed by atoms with E-state index in [4.69, 9.17) is 4.98 Å². The first kappa shape index (κ1) is 33.8. The molecule has 0 aliphatic carbocycles. The molecule has 3 N–H and O–H groups in total. The maximum absolute atomic E-state index is 12.9. The molecule has 2 aromatic heterocycles. The summed E-state index contributed by atoms with van der Waals surface area (Å²) >= 11 is 0. The van der Waals surface area contributed by atoms with Gasteiger partial charge in [-0.05, 0) is 61.1 Å². The zero-order valence-electron chi connectivity index (χ0n) is 26.2. The number of hydrogen-bond acceptors (Lipinski definition) is 6. The van der Waals surface area contributed by atoms with Crippen LogP contribution in [0.5, 0.6) is 5.75 Å². The zero-order chi connectivity index (χ0) is 32.1. The number of anilines is 2. The number of para-hydroxylation sites is 1. The lowest BCUT2D eigenvalue weighted by atomic mass is 10.0. The Morgan fingerprint density at radius 3 is 2.48 bits per heavy atom. The van der Waals surface area contributed by atoms with Crippen LogP contribution in [0.2, 0.25) is 0 Å². The molecule has 5 rings (SSSR count). The van der Waals surface area contributed by atoms with E-state index >= 15 is 0 Å². The van der Waals surface area contributed by atoms with E-state index in [1.54, 1.807) is 34.8 Å². The van der Waals surface area contributed by atoms with E-state index in [0.717, 1.165) is 27.9 Å². The molecular weight excluding hydrogens is 567 g/mol. The summed E-state index contributed by atoms with van der Waals surface area (Å²) in [6.45, 7) is 12.6. The molecule has 5 aromatic rings. The third-order valence-electron chi connectivity index (χ3n) is 6.42. The van der Waals surface area contributed by atoms with E-state index in [1.165, 1.54) is 6.42 Å². The standard InChI is InChI=1S/C30H27N6O2P.C3H8.C2H6/c1-19(16-31)21-8-6-9-22(14-21)30(38)34-23-10-5-7-20(13-23)17-32-28-15-25(24-11-3-4-12-26(24)37)35-29-27(39-2)18-33-36(28)29;1-3-2;1-2/h3-15,18-19,32,37,39H,17H2,1-2H3,(H,34,38);3H2,1-2H3;1-2H3. The van der Waals surface area contributed by atoms with Crippen molar-refractivity contribution in [1.82, 2.24) is 14.6 Å². The molecule has 2 atom stereocenters. The Kier molecular flexibility index (Phi) is 12.9. The molecule has 0 aliphatic rings. The number of nitrogens with zero attached hydrogens (tertiary/aromatic N) is 4. The lowest BCUT2D eigenvalue weighted by Gasteiger charge is -2.13. The van der Waals surface area contributed by atoms with Gasteiger partial charge in [-0.15, -0.1) is 0 Å². The lowest BCUT2D eigenvalue weighted by molar-refractivity contribution is 0.102. The Morgan fingerprint density at radius 2 is 1.77 bits per heavy atom. The second kappa shape index (κ2) is 16.8. The van der Waals surface area contributed by atoms with Gasteiger partial charge < -0.3 is 15.7 Å². The normalized spacial score (nSPS) is 11.1. The number of nitriles is 1. The molecular formula is C35H41N6O2P. The van der Waals surface area contributed by atoms with E-state index in [-0.39, 0.29) is 17.6 Å². The van der Waals surface area contributed by atoms with Gasteiger partial charge in [0, 0.05) is 34.7 Å². The molecule has 1 amide bonds. The quantitative estimate of drug-likeness (QED) is 0.154. The minimum absolute atomic E-state index is 0.163. The number of rotatable bonds is 8. The van der Waals surface area contributed by atoms with Gasteiger partial charge in [-0.3, -0.25) is 4.79 Å². The molecule has 0 saturated heterocycles. The van der Waals surface area contributed by atoms with Gasteiger partial charge in [0.25, 0.3) is 5.91 Å². The molecule has 228 valence electrons. The summed E-state index contributed by atoms with van der Waals surface area (Å²) in [6, 6.07) is 26.0. The first-order valence-electron chi connectivity index (χ1n) is 14.9. The van der Waals surface area contributed by atoms with Crippen molar-refractivity contribution < 1.29 is 9.90 Å². The molecule has 3 aromatic carbocycles. The molecule has 0 bridgehead atoms. The number of phenolic OH excluding ortho intramolecular Hbond substituents is 1. The summed E-state index contributed by atoms with van der Waals surface area (Å²) in [5.41, 5.74) is 4.97. The largest absolute Gasteiger partial charge is 0.507 e. The lowest BCUT2D eigenvalue weighted by Crippen LogP contribution is -2.13. The third-order valence-corrected chi connectivity index (χ3v) is 7.31. The van der Waals surface area contributed by atoms with Crippen LogP contribution in [0, 0.1) is 11.3 Å². The van der Waals surface area contributed by atoms with Crippen LogP contribution in [-0.2, 0) is 6.54 Å². The Labute approximate surface area is 262 Å². The molecule has 0 aliphatic heterocycles. The Balaban J connectivity index is 0.000000997. The van der Waals surface area contributed by atoms with Crippen molar-refractivity contribution in [2.45, 2.75) is 53.5 Å². The average molecular weight is 609 g/mol. The van der Waals surface area contributed by atoms with Crippen molar-refractivity contribution in [2.75, 3.05) is 17.3 Å². The summed E-state index contributed by atoms with van der Waals surface area (Å²) in [4.78, 5) is 17.7. The minimum Gasteiger partial charge on any atom is -0.507 e. The molecule has 8 nitrogen and oxygen atoms in total. The average Bonchev–Trinajstić information content (AvgIpc) is 3.48. The fourth-order valence-electron chi connectivity index (χ4n) is 4.27. The van der Waals surface area contributed by atoms with Crippen LogP contribution < -0.4 is 15.9 Å². The van der Waals surface area contributed by atoms with Crippen LogP contribution in [0.25, 0.3) is 16.9 Å². The maximum atomic E-state index is 12.9. The first-order valence-corrected chi connectivity index (χ1v) is 16.4. The van der Waals surface area contributed by atoms with E-state index in [0.29, 0.717) is 37.6 Å². The summed E-state index contributed by atoms with van der Waals surface area (Å²) in [7, 11) is 0.520. The number of fused-ring (bicyclic) bond motifs is 1. The molecule has 0 spiro atoms. The van der Waals surface area contributed by atoms with Crippen LogP contribution in [-0.4, -0.2) is 32.3 Å². The summed E-state index contributed by atoms with van der Waals surface area (Å²) in [5, 5.41) is 31.6. The predicted octanol–water partition coefficient (Wildman–Crippen LogP) is 7.97. The van der Waals surface area contributed by atoms with Gasteiger partial charge in [0.1, 0.15) is 11.6 Å². The van der Waals surface area contributed by atoms with Crippen molar-refractivity contribution in [3.63, 3.8) is 0 Å². The molecule has 9 heteroatoms. The Bertz CT molecular complexity index is 1730. The molecule has 2 heterocycles. The number of aromatic nitrogens is 3. The SMILES string of the molecule is CC.CCC.CPc1cnn2c(NCc3cccc(NC(=O)c4cccc(C(C)C#N)c4)c3)cc(-c3ccccc3O)nc12. The van der Waals surface area contributed by atoms with E-state index in [1.807, 2.05) is 75.5 Å². The summed E-state index contributed by atoms with van der Waals surface area (Å²) in [5.74, 6) is 0.374. The van der Waals surface area contributed by atoms with Crippen LogP contribution in [0.15, 0.2) is 85.1 Å². The summed E-state index contributed by atoms with van der Waals surface area (Å²) < 4.78 is 1.77. The highest BCUT2D eigenvalue weighted by Crippen LogP contribution is 2.30. The Hall–Kier alpha value is -4.73. The second-order valence-corrected chi connectivity index (χ2v) is 10.8. The van der Waals surface area contributed by atoms with Crippen molar-refractivity contribution in [3.8, 4) is 23.1 Å². The zero-order valence-corrected chi connectivity index (χ0v) is 27.2. The van der Waals surface area contributed by atoms with Gasteiger partial charge in [0.15, 0.2) is 5.65 Å². The van der Waals surface area contributed by atoms with Gasteiger partial charge in [-0.1, -0.05) is 79.1 Å². The van der Waals surface area contributed by atoms with Crippen molar-refractivity contribution in [3.05, 3.63) is 102 Å². The van der Waals surface area contributed by atoms with Crippen molar-refractivity contribution in [2.24, 2.45) is 0 Å². The van der Waals surface area contributed by atoms with Crippen LogP contribution in [0.3, 0.4) is 0 Å². The minimum atomic E-state index is -0.290. The topological polar surface area (TPSA) is 115 Å². The first-order chi connectivity index (χ1) is 21.4. The van der Waals surface area contributed by atoms with Crippen LogP contribution in [0.1, 0.15) is 68.4 Å². The van der Waals surface area contributed by atoms with E-state index in [9.17, 15) is 15.2 Å². The number of carbonyl (C=O) groups excluding carboxylic acids is 1. The number of hydrogen-bond donors (Lipinski definition) is 3. The van der Waals surface area contributed by atoms with Crippen LogP contribution >= 0.6 is 8.58 Å². The maximum Gasteiger partial charge on any atom is 0.255 e. The van der Waals surface area contributed by atoms with Gasteiger partial charge in [0.2, 0.25) is 0 Å². The Morgan fingerprint density at radius 1 is 1.05 bits per heavy atom. The number of benzene rings is 3. The second-order valence-electron chi connectivity index (χ2n) is 9.78. The fourth-order valence-corrected chi connectivity index (χ4v) is 4.84. The highest BCUT2D eigenvalue weighted by molar-refractivity contribution is 7.46. The monoisotopic (exact) mass is 608 g/mol. The highest BCUT2D eigenvalue weighted by atomic mass is 31.1. The number of carbonyl (C=O) groups is 1. The number of aromatic hydroxyl groups is 1. The van der Waals surface area contributed by atoms with Crippen molar-refractivity contribution in [1.29, 1.82) is 5.26 Å². The number of phenols is 1. The predicted molar refractivity (Wildman–Crippen MR) is 183 cm³/mol. The third kappa shape index (κ3) is 8.43. The molecule has 44 heavy (non-hydrogen) atoms. The van der Waals surface area contributed by atoms with Crippen LogP contribution in [0.4, 0.5) is 11.5 Å². The number of nitrogens with one attached hydrogen (secondary N) is 2. The van der Waals surface area contributed by atoms with Gasteiger partial charge in [-0.25, -0.2) is 4.98 Å². The number of amides is 1. The van der Waals surface area contributed by atoms with E-state index < -0.39 is 0 Å². The van der Waals surface area contributed by atoms with Gasteiger partial charge in [-0.2, -0.15) is 14.9 Å². The molecule has 0 saturated carbocycles. The fraction of sp³-hybridized carbons (Fsp3) is 0.257. The van der Waals surface area contributed by atoms with Crippen molar-refractivity contribution >= 4 is 36.9 Å². The summed E-state index contributed by atoms with van der Waals surface area (Å²) in [6.07, 6.45) is 3.07. The van der Waals surface area contributed by atoms with E-state index in [2.05, 4.69) is 42.3 Å². The smallest absolute Gasteiger partial charge is 0.255 e. The molecule has 0 radical (unpaired) electrons. The van der Waals surface area contributed by atoms with Gasteiger partial charge in [0.05, 0.1) is 23.9 Å². The van der Waals surface area contributed by atoms with Gasteiger partial charge >= 0.3 is 0 Å².